The number of nitrogens with one attached hydrogen (secondary N) is 1. The molecule has 1 fully saturated rings. The maximum Gasteiger partial charge on any atom is 0.224 e. The van der Waals surface area contributed by atoms with Gasteiger partial charge in [-0.25, -0.2) is 0 Å². The highest BCUT2D eigenvalue weighted by Crippen LogP contribution is 2.33. The molecule has 4 heteroatoms. The molecule has 0 aliphatic heterocycles. The fraction of sp³-hybridized carbons (Fsp3) is 0.562. The van der Waals surface area contributed by atoms with Crippen LogP contribution in [0.5, 0.6) is 0 Å². The molecule has 2 rings (SSSR count). The van der Waals surface area contributed by atoms with Gasteiger partial charge in [-0.3, -0.25) is 4.79 Å². The third kappa shape index (κ3) is 3.97. The summed E-state index contributed by atoms with van der Waals surface area (Å²) in [7, 11) is 0. The second kappa shape index (κ2) is 7.09. The van der Waals surface area contributed by atoms with Crippen molar-refractivity contribution in [1.82, 2.24) is 0 Å². The largest absolute Gasteiger partial charge is 0.378 e. The molecule has 1 unspecified atom stereocenters. The highest BCUT2D eigenvalue weighted by Gasteiger charge is 2.31. The summed E-state index contributed by atoms with van der Waals surface area (Å²) in [4.78, 5) is 12.1. The van der Waals surface area contributed by atoms with E-state index < -0.39 is 0 Å². The van der Waals surface area contributed by atoms with Crippen molar-refractivity contribution in [2.24, 2.45) is 5.92 Å². The lowest BCUT2D eigenvalue weighted by Crippen LogP contribution is -2.34. The first kappa shape index (κ1) is 15.3. The Morgan fingerprint density at radius 3 is 2.80 bits per heavy atom. The third-order valence-corrected chi connectivity index (χ3v) is 3.97. The molecular formula is C16H22ClNO2. The number of hydrogen-bond acceptors (Lipinski definition) is 2. The number of anilines is 1. The Hall–Kier alpha value is -1.06. The number of carbonyl (C=O) groups is 1. The topological polar surface area (TPSA) is 38.3 Å². The number of benzene rings is 1. The molecule has 0 saturated heterocycles. The average molecular weight is 296 g/mol. The first-order chi connectivity index (χ1) is 9.60. The van der Waals surface area contributed by atoms with Gasteiger partial charge in [0.2, 0.25) is 5.91 Å². The standard InChI is InChI=1S/C16H22ClNO2/c1-3-20-13-8-12(9-13)10-16(19)18-15-7-5-4-6-14(15)11(2)17/h4-7,11-13H,3,8-10H2,1-2H3,(H,18,19). The zero-order chi connectivity index (χ0) is 14.5. The predicted octanol–water partition coefficient (Wildman–Crippen LogP) is 4.13. The molecule has 0 heterocycles. The Morgan fingerprint density at radius 1 is 1.45 bits per heavy atom. The number of hydrogen-bond donors (Lipinski definition) is 1. The quantitative estimate of drug-likeness (QED) is 0.801. The van der Waals surface area contributed by atoms with Gasteiger partial charge < -0.3 is 10.1 Å². The summed E-state index contributed by atoms with van der Waals surface area (Å²) in [5.41, 5.74) is 1.78. The summed E-state index contributed by atoms with van der Waals surface area (Å²) in [6.07, 6.45) is 2.91. The van der Waals surface area contributed by atoms with Gasteiger partial charge in [0, 0.05) is 18.7 Å². The fourth-order valence-corrected chi connectivity index (χ4v) is 2.82. The molecule has 1 atom stereocenters. The maximum atomic E-state index is 12.1. The van der Waals surface area contributed by atoms with Crippen LogP contribution in [0.4, 0.5) is 5.69 Å². The molecule has 3 nitrogen and oxygen atoms in total. The average Bonchev–Trinajstić information content (AvgIpc) is 2.36. The molecule has 1 aliphatic rings. The van der Waals surface area contributed by atoms with Crippen molar-refractivity contribution in [2.45, 2.75) is 44.6 Å². The minimum absolute atomic E-state index is 0.0646. The van der Waals surface area contributed by atoms with E-state index in [0.717, 1.165) is 30.7 Å². The van der Waals surface area contributed by atoms with Crippen LogP contribution in [-0.4, -0.2) is 18.6 Å². The predicted molar refractivity (Wildman–Crippen MR) is 82.1 cm³/mol. The smallest absolute Gasteiger partial charge is 0.224 e. The van der Waals surface area contributed by atoms with Crippen LogP contribution in [-0.2, 0) is 9.53 Å². The van der Waals surface area contributed by atoms with Crippen molar-refractivity contribution in [1.29, 1.82) is 0 Å². The Balaban J connectivity index is 1.84. The van der Waals surface area contributed by atoms with Gasteiger partial charge in [-0.1, -0.05) is 18.2 Å². The maximum absolute atomic E-state index is 12.1. The SMILES string of the molecule is CCOC1CC(CC(=O)Nc2ccccc2C(C)Cl)C1. The van der Waals surface area contributed by atoms with Crippen LogP contribution in [0.15, 0.2) is 24.3 Å². The number of alkyl halides is 1. The van der Waals surface area contributed by atoms with E-state index in [9.17, 15) is 4.79 Å². The number of ether oxygens (including phenoxy) is 1. The zero-order valence-corrected chi connectivity index (χ0v) is 12.8. The van der Waals surface area contributed by atoms with Crippen molar-refractivity contribution in [3.8, 4) is 0 Å². The van der Waals surface area contributed by atoms with Crippen molar-refractivity contribution in [2.75, 3.05) is 11.9 Å². The Morgan fingerprint density at radius 2 is 2.15 bits per heavy atom. The number of amides is 1. The second-order valence-electron chi connectivity index (χ2n) is 5.37. The Bertz CT molecular complexity index is 456. The van der Waals surface area contributed by atoms with Crippen LogP contribution in [0.3, 0.4) is 0 Å². The van der Waals surface area contributed by atoms with Gasteiger partial charge in [-0.2, -0.15) is 0 Å². The Labute approximate surface area is 125 Å². The normalized spacial score (nSPS) is 22.9. The van der Waals surface area contributed by atoms with Crippen molar-refractivity contribution in [3.05, 3.63) is 29.8 Å². The van der Waals surface area contributed by atoms with Gasteiger partial charge >= 0.3 is 0 Å². The molecule has 1 saturated carbocycles. The Kier molecular flexibility index (Phi) is 5.44. The summed E-state index contributed by atoms with van der Waals surface area (Å²) < 4.78 is 5.51. The molecule has 0 radical (unpaired) electrons. The summed E-state index contributed by atoms with van der Waals surface area (Å²) >= 11 is 6.12. The van der Waals surface area contributed by atoms with E-state index in [4.69, 9.17) is 16.3 Å². The van der Waals surface area contributed by atoms with Crippen LogP contribution >= 0.6 is 11.6 Å². The van der Waals surface area contributed by atoms with Crippen LogP contribution < -0.4 is 5.32 Å². The number of rotatable bonds is 6. The molecule has 1 N–H and O–H groups in total. The monoisotopic (exact) mass is 295 g/mol. The summed E-state index contributed by atoms with van der Waals surface area (Å²) in [5.74, 6) is 0.516. The summed E-state index contributed by atoms with van der Waals surface area (Å²) in [5, 5.41) is 2.86. The van der Waals surface area contributed by atoms with E-state index in [1.54, 1.807) is 0 Å². The molecular weight excluding hydrogens is 274 g/mol. The van der Waals surface area contributed by atoms with Gasteiger partial charge in [0.15, 0.2) is 0 Å². The van der Waals surface area contributed by atoms with Gasteiger partial charge in [-0.15, -0.1) is 11.6 Å². The van der Waals surface area contributed by atoms with Crippen LogP contribution in [0, 0.1) is 5.92 Å². The minimum Gasteiger partial charge on any atom is -0.378 e. The number of para-hydroxylation sites is 1. The molecule has 1 aromatic rings. The van der Waals surface area contributed by atoms with E-state index in [0.29, 0.717) is 18.4 Å². The molecule has 1 aromatic carbocycles. The van der Waals surface area contributed by atoms with E-state index >= 15 is 0 Å². The van der Waals surface area contributed by atoms with E-state index in [-0.39, 0.29) is 11.3 Å². The van der Waals surface area contributed by atoms with E-state index in [1.807, 2.05) is 38.1 Å². The third-order valence-electron chi connectivity index (χ3n) is 3.73. The second-order valence-corrected chi connectivity index (χ2v) is 6.02. The molecule has 110 valence electrons. The number of halogens is 1. The highest BCUT2D eigenvalue weighted by molar-refractivity contribution is 6.21. The molecule has 1 aliphatic carbocycles. The zero-order valence-electron chi connectivity index (χ0n) is 12.1. The van der Waals surface area contributed by atoms with Crippen molar-refractivity contribution >= 4 is 23.2 Å². The van der Waals surface area contributed by atoms with Crippen LogP contribution in [0.1, 0.15) is 44.1 Å². The van der Waals surface area contributed by atoms with Gasteiger partial charge in [0.1, 0.15) is 0 Å². The van der Waals surface area contributed by atoms with Gasteiger partial charge in [0.05, 0.1) is 11.5 Å². The van der Waals surface area contributed by atoms with E-state index in [2.05, 4.69) is 5.32 Å². The first-order valence-corrected chi connectivity index (χ1v) is 7.68. The number of carbonyl (C=O) groups excluding carboxylic acids is 1. The molecule has 0 bridgehead atoms. The van der Waals surface area contributed by atoms with Crippen molar-refractivity contribution in [3.63, 3.8) is 0 Å². The minimum atomic E-state index is -0.113. The lowest BCUT2D eigenvalue weighted by Gasteiger charge is -2.34. The van der Waals surface area contributed by atoms with E-state index in [1.165, 1.54) is 0 Å². The highest BCUT2D eigenvalue weighted by atomic mass is 35.5. The molecule has 1 amide bonds. The molecule has 0 aromatic heterocycles. The van der Waals surface area contributed by atoms with Crippen LogP contribution in [0.2, 0.25) is 0 Å². The van der Waals surface area contributed by atoms with Gasteiger partial charge in [-0.05, 0) is 44.2 Å². The summed E-state index contributed by atoms with van der Waals surface area (Å²) in [6, 6.07) is 7.69. The first-order valence-electron chi connectivity index (χ1n) is 7.24. The van der Waals surface area contributed by atoms with Crippen molar-refractivity contribution < 1.29 is 9.53 Å². The molecule has 0 spiro atoms. The van der Waals surface area contributed by atoms with Crippen LogP contribution in [0.25, 0.3) is 0 Å². The fourth-order valence-electron chi connectivity index (χ4n) is 2.63. The van der Waals surface area contributed by atoms with Gasteiger partial charge in [0.25, 0.3) is 0 Å². The molecule has 20 heavy (non-hydrogen) atoms. The lowest BCUT2D eigenvalue weighted by atomic mass is 9.80. The lowest BCUT2D eigenvalue weighted by molar-refractivity contribution is -0.119. The summed E-state index contributed by atoms with van der Waals surface area (Å²) in [6.45, 7) is 4.67.